The fraction of sp³-hybridized carbons (Fsp3) is 0.538. The molecule has 0 aliphatic carbocycles. The Hall–Kier alpha value is -1.20. The molecule has 0 radical (unpaired) electrons. The highest BCUT2D eigenvalue weighted by Crippen LogP contribution is 2.22. The molecule has 0 spiro atoms. The highest BCUT2D eigenvalue weighted by molar-refractivity contribution is 7.80. The van der Waals surface area contributed by atoms with Crippen molar-refractivity contribution in [3.63, 3.8) is 0 Å². The van der Waals surface area contributed by atoms with Crippen LogP contribution in [0.1, 0.15) is 17.7 Å². The fourth-order valence-electron chi connectivity index (χ4n) is 2.33. The third kappa shape index (κ3) is 2.79. The predicted octanol–water partition coefficient (Wildman–Crippen LogP) is 1.16. The van der Waals surface area contributed by atoms with Crippen LogP contribution in [-0.4, -0.2) is 48.1 Å². The van der Waals surface area contributed by atoms with E-state index in [4.69, 9.17) is 18.0 Å². The molecule has 2 rings (SSSR count). The second-order valence-electron chi connectivity index (χ2n) is 5.07. The average Bonchev–Trinajstić information content (AvgIpc) is 2.77. The molecular formula is C13H20N4S. The van der Waals surface area contributed by atoms with Gasteiger partial charge in [0.05, 0.1) is 0 Å². The number of hydrogen-bond donors (Lipinski definition) is 1. The van der Waals surface area contributed by atoms with Gasteiger partial charge in [-0.2, -0.15) is 0 Å². The first-order valence-corrected chi connectivity index (χ1v) is 6.58. The van der Waals surface area contributed by atoms with E-state index in [0.717, 1.165) is 30.2 Å². The standard InChI is InChI=1S/C13H20N4S/c1-9-6-10(13(14)18)7-12(15-9)17-5-4-11(8-17)16(2)3/h6-7,11H,4-5,8H2,1-3H3,(H2,14,18). The summed E-state index contributed by atoms with van der Waals surface area (Å²) < 4.78 is 0. The average molecular weight is 264 g/mol. The second kappa shape index (κ2) is 5.20. The van der Waals surface area contributed by atoms with E-state index in [2.05, 4.69) is 28.9 Å². The minimum Gasteiger partial charge on any atom is -0.389 e. The molecule has 4 nitrogen and oxygen atoms in total. The first-order valence-electron chi connectivity index (χ1n) is 6.17. The largest absolute Gasteiger partial charge is 0.389 e. The number of anilines is 1. The molecule has 0 amide bonds. The molecule has 1 aliphatic heterocycles. The Morgan fingerprint density at radius 3 is 2.78 bits per heavy atom. The van der Waals surface area contributed by atoms with Crippen molar-refractivity contribution in [2.75, 3.05) is 32.1 Å². The van der Waals surface area contributed by atoms with Gasteiger partial charge in [0.2, 0.25) is 0 Å². The molecule has 1 fully saturated rings. The number of hydrogen-bond acceptors (Lipinski definition) is 4. The first-order chi connectivity index (χ1) is 8.47. The van der Waals surface area contributed by atoms with Crippen molar-refractivity contribution in [2.45, 2.75) is 19.4 Å². The Morgan fingerprint density at radius 2 is 2.22 bits per heavy atom. The zero-order valence-corrected chi connectivity index (χ0v) is 12.0. The smallest absolute Gasteiger partial charge is 0.129 e. The van der Waals surface area contributed by atoms with Gasteiger partial charge in [-0.25, -0.2) is 4.98 Å². The molecule has 2 heterocycles. The monoisotopic (exact) mass is 264 g/mol. The summed E-state index contributed by atoms with van der Waals surface area (Å²) in [5, 5.41) is 0. The Labute approximate surface area is 114 Å². The summed E-state index contributed by atoms with van der Waals surface area (Å²) in [6.45, 7) is 4.03. The van der Waals surface area contributed by atoms with Gasteiger partial charge in [0.1, 0.15) is 10.8 Å². The van der Waals surface area contributed by atoms with Crippen molar-refractivity contribution in [2.24, 2.45) is 5.73 Å². The number of aromatic nitrogens is 1. The van der Waals surface area contributed by atoms with Crippen molar-refractivity contribution >= 4 is 23.0 Å². The number of likely N-dealkylation sites (N-methyl/N-ethyl adjacent to an activating group) is 1. The van der Waals surface area contributed by atoms with Gasteiger partial charge >= 0.3 is 0 Å². The lowest BCUT2D eigenvalue weighted by molar-refractivity contribution is 0.315. The van der Waals surface area contributed by atoms with Crippen LogP contribution in [0, 0.1) is 6.92 Å². The number of pyridine rings is 1. The summed E-state index contributed by atoms with van der Waals surface area (Å²) in [6, 6.07) is 4.53. The maximum Gasteiger partial charge on any atom is 0.129 e. The number of nitrogens with zero attached hydrogens (tertiary/aromatic N) is 3. The Kier molecular flexibility index (Phi) is 3.82. The fourth-order valence-corrected chi connectivity index (χ4v) is 2.44. The van der Waals surface area contributed by atoms with Gasteiger partial charge in [0.15, 0.2) is 0 Å². The third-order valence-corrected chi connectivity index (χ3v) is 3.68. The van der Waals surface area contributed by atoms with E-state index in [-0.39, 0.29) is 0 Å². The Bertz CT molecular complexity index is 458. The third-order valence-electron chi connectivity index (χ3n) is 3.44. The minimum atomic E-state index is 0.435. The summed E-state index contributed by atoms with van der Waals surface area (Å²) in [5.41, 5.74) is 7.57. The van der Waals surface area contributed by atoms with Gasteiger partial charge < -0.3 is 15.5 Å². The molecule has 1 aromatic heterocycles. The van der Waals surface area contributed by atoms with Crippen molar-refractivity contribution in [3.05, 3.63) is 23.4 Å². The zero-order chi connectivity index (χ0) is 13.3. The van der Waals surface area contributed by atoms with Gasteiger partial charge in [0, 0.05) is 30.4 Å². The van der Waals surface area contributed by atoms with Gasteiger partial charge in [-0.15, -0.1) is 0 Å². The molecule has 0 aromatic carbocycles. The number of aryl methyl sites for hydroxylation is 1. The van der Waals surface area contributed by atoms with E-state index in [9.17, 15) is 0 Å². The van der Waals surface area contributed by atoms with Crippen LogP contribution in [0.15, 0.2) is 12.1 Å². The first kappa shape index (κ1) is 13.2. The van der Waals surface area contributed by atoms with Gasteiger partial charge in [0.25, 0.3) is 0 Å². The predicted molar refractivity (Wildman–Crippen MR) is 79.2 cm³/mol. The summed E-state index contributed by atoms with van der Waals surface area (Å²) >= 11 is 5.04. The van der Waals surface area contributed by atoms with Crippen LogP contribution in [-0.2, 0) is 0 Å². The molecular weight excluding hydrogens is 244 g/mol. The molecule has 1 atom stereocenters. The van der Waals surface area contributed by atoms with Crippen LogP contribution in [0.4, 0.5) is 5.82 Å². The number of rotatable bonds is 3. The lowest BCUT2D eigenvalue weighted by Crippen LogP contribution is -2.31. The molecule has 0 saturated carbocycles. The van der Waals surface area contributed by atoms with Crippen molar-refractivity contribution < 1.29 is 0 Å². The lowest BCUT2D eigenvalue weighted by atomic mass is 10.2. The highest BCUT2D eigenvalue weighted by Gasteiger charge is 2.25. The summed E-state index contributed by atoms with van der Waals surface area (Å²) in [7, 11) is 4.25. The normalized spacial score (nSPS) is 19.6. The van der Waals surface area contributed by atoms with E-state index in [1.54, 1.807) is 0 Å². The summed E-state index contributed by atoms with van der Waals surface area (Å²) in [5.74, 6) is 0.988. The van der Waals surface area contributed by atoms with E-state index in [1.165, 1.54) is 6.42 Å². The van der Waals surface area contributed by atoms with Crippen LogP contribution >= 0.6 is 12.2 Å². The molecule has 1 aliphatic rings. The van der Waals surface area contributed by atoms with Crippen LogP contribution in [0.5, 0.6) is 0 Å². The quantitative estimate of drug-likeness (QED) is 0.830. The second-order valence-corrected chi connectivity index (χ2v) is 5.51. The topological polar surface area (TPSA) is 45.4 Å². The molecule has 98 valence electrons. The van der Waals surface area contributed by atoms with Crippen molar-refractivity contribution in [3.8, 4) is 0 Å². The Morgan fingerprint density at radius 1 is 1.50 bits per heavy atom. The number of thiocarbonyl (C=S) groups is 1. The molecule has 2 N–H and O–H groups in total. The van der Waals surface area contributed by atoms with E-state index >= 15 is 0 Å². The Balaban J connectivity index is 2.21. The van der Waals surface area contributed by atoms with E-state index < -0.39 is 0 Å². The van der Waals surface area contributed by atoms with Gasteiger partial charge in [-0.3, -0.25) is 0 Å². The van der Waals surface area contributed by atoms with Gasteiger partial charge in [-0.05, 0) is 39.6 Å². The zero-order valence-electron chi connectivity index (χ0n) is 11.2. The van der Waals surface area contributed by atoms with Crippen molar-refractivity contribution in [1.82, 2.24) is 9.88 Å². The van der Waals surface area contributed by atoms with E-state index in [1.807, 2.05) is 19.1 Å². The van der Waals surface area contributed by atoms with Crippen molar-refractivity contribution in [1.29, 1.82) is 0 Å². The SMILES string of the molecule is Cc1cc(C(N)=S)cc(N2CCC(N(C)C)C2)n1. The van der Waals surface area contributed by atoms with Gasteiger partial charge in [-0.1, -0.05) is 12.2 Å². The molecule has 1 aromatic rings. The van der Waals surface area contributed by atoms with E-state index in [0.29, 0.717) is 11.0 Å². The molecule has 0 bridgehead atoms. The number of nitrogens with two attached hydrogens (primary N) is 1. The maximum absolute atomic E-state index is 5.70. The molecule has 5 heteroatoms. The summed E-state index contributed by atoms with van der Waals surface area (Å²) in [6.07, 6.45) is 1.17. The van der Waals surface area contributed by atoms with Crippen LogP contribution in [0.2, 0.25) is 0 Å². The molecule has 1 unspecified atom stereocenters. The lowest BCUT2D eigenvalue weighted by Gasteiger charge is -2.21. The maximum atomic E-state index is 5.70. The minimum absolute atomic E-state index is 0.435. The summed E-state index contributed by atoms with van der Waals surface area (Å²) in [4.78, 5) is 9.59. The van der Waals surface area contributed by atoms with Crippen LogP contribution in [0.3, 0.4) is 0 Å². The molecule has 1 saturated heterocycles. The highest BCUT2D eigenvalue weighted by atomic mass is 32.1. The van der Waals surface area contributed by atoms with Crippen LogP contribution in [0.25, 0.3) is 0 Å². The molecule has 18 heavy (non-hydrogen) atoms. The van der Waals surface area contributed by atoms with Crippen LogP contribution < -0.4 is 10.6 Å².